The van der Waals surface area contributed by atoms with E-state index >= 15 is 0 Å². The Labute approximate surface area is 175 Å². The number of aromatic nitrogens is 2. The summed E-state index contributed by atoms with van der Waals surface area (Å²) in [6.07, 6.45) is 1.95. The molecule has 0 bridgehead atoms. The van der Waals surface area contributed by atoms with Crippen molar-refractivity contribution in [3.8, 4) is 16.9 Å². The Kier molecular flexibility index (Phi) is 6.21. The smallest absolute Gasteiger partial charge is 0.273 e. The summed E-state index contributed by atoms with van der Waals surface area (Å²) in [6, 6.07) is 12.4. The Morgan fingerprint density at radius 1 is 1.08 bits per heavy atom. The fourth-order valence-electron chi connectivity index (χ4n) is 2.62. The Balaban J connectivity index is 2.33. The molecule has 0 saturated carbocycles. The van der Waals surface area contributed by atoms with Crippen LogP contribution in [-0.2, 0) is 5.75 Å². The van der Waals surface area contributed by atoms with Gasteiger partial charge in [0.05, 0.1) is 16.4 Å². The number of hydrogen-bond donors (Lipinski definition) is 0. The summed E-state index contributed by atoms with van der Waals surface area (Å²) >= 11 is 25.8. The van der Waals surface area contributed by atoms with Gasteiger partial charge in [0.15, 0.2) is 0 Å². The first-order valence-corrected chi connectivity index (χ1v) is 10.3. The number of hydrogen-bond acceptors (Lipinski definition) is 3. The van der Waals surface area contributed by atoms with Crippen molar-refractivity contribution in [2.24, 2.45) is 0 Å². The van der Waals surface area contributed by atoms with Gasteiger partial charge in [0.2, 0.25) is 0 Å². The minimum absolute atomic E-state index is 0.206. The Morgan fingerprint density at radius 3 is 2.31 bits per heavy atom. The summed E-state index contributed by atoms with van der Waals surface area (Å²) in [5.74, 6) is 0.566. The molecule has 8 heteroatoms. The number of thioether (sulfide) groups is 1. The Hall–Kier alpha value is -1.17. The van der Waals surface area contributed by atoms with Gasteiger partial charge in [0.25, 0.3) is 5.24 Å². The van der Waals surface area contributed by atoms with Gasteiger partial charge in [0, 0.05) is 26.9 Å². The normalized spacial score (nSPS) is 11.0. The van der Waals surface area contributed by atoms with Crippen molar-refractivity contribution in [2.75, 3.05) is 6.26 Å². The predicted molar refractivity (Wildman–Crippen MR) is 111 cm³/mol. The van der Waals surface area contributed by atoms with E-state index in [1.807, 2.05) is 18.4 Å². The van der Waals surface area contributed by atoms with Gasteiger partial charge in [0.1, 0.15) is 5.69 Å². The van der Waals surface area contributed by atoms with Crippen LogP contribution in [-0.4, -0.2) is 21.3 Å². The van der Waals surface area contributed by atoms with Gasteiger partial charge in [-0.3, -0.25) is 4.79 Å². The molecule has 0 radical (unpaired) electrons. The van der Waals surface area contributed by atoms with Crippen molar-refractivity contribution < 1.29 is 4.79 Å². The summed E-state index contributed by atoms with van der Waals surface area (Å²) in [5.41, 5.74) is 3.14. The van der Waals surface area contributed by atoms with Crippen molar-refractivity contribution in [1.29, 1.82) is 0 Å². The molecule has 3 rings (SSSR count). The molecule has 0 fully saturated rings. The maximum absolute atomic E-state index is 12.0. The largest absolute Gasteiger partial charge is 0.274 e. The van der Waals surface area contributed by atoms with Crippen LogP contribution in [0.3, 0.4) is 0 Å². The van der Waals surface area contributed by atoms with E-state index in [1.54, 1.807) is 46.8 Å². The molecule has 0 spiro atoms. The molecular formula is C18H12Cl4N2OS. The highest BCUT2D eigenvalue weighted by Crippen LogP contribution is 2.35. The second-order valence-corrected chi connectivity index (χ2v) is 7.89. The molecule has 134 valence electrons. The zero-order chi connectivity index (χ0) is 18.8. The first-order valence-electron chi connectivity index (χ1n) is 7.44. The molecule has 0 aliphatic rings. The van der Waals surface area contributed by atoms with Crippen molar-refractivity contribution in [3.05, 3.63) is 68.8 Å². The monoisotopic (exact) mass is 444 g/mol. The van der Waals surface area contributed by atoms with E-state index in [-0.39, 0.29) is 5.69 Å². The van der Waals surface area contributed by atoms with Gasteiger partial charge in [-0.2, -0.15) is 16.9 Å². The molecule has 0 saturated heterocycles. The zero-order valence-electron chi connectivity index (χ0n) is 13.5. The molecule has 3 aromatic rings. The lowest BCUT2D eigenvalue weighted by Crippen LogP contribution is -2.01. The molecule has 0 atom stereocenters. The molecular weight excluding hydrogens is 434 g/mol. The quantitative estimate of drug-likeness (QED) is 0.407. The van der Waals surface area contributed by atoms with Crippen molar-refractivity contribution in [1.82, 2.24) is 9.78 Å². The number of benzene rings is 2. The van der Waals surface area contributed by atoms with Crippen LogP contribution in [0.4, 0.5) is 0 Å². The van der Waals surface area contributed by atoms with Crippen LogP contribution in [0.1, 0.15) is 16.1 Å². The van der Waals surface area contributed by atoms with Gasteiger partial charge >= 0.3 is 0 Å². The fraction of sp³-hybridized carbons (Fsp3) is 0.111. The summed E-state index contributed by atoms with van der Waals surface area (Å²) in [7, 11) is 0. The molecule has 0 aliphatic heterocycles. The van der Waals surface area contributed by atoms with Gasteiger partial charge in [-0.25, -0.2) is 4.68 Å². The Bertz CT molecular complexity index is 970. The van der Waals surface area contributed by atoms with Crippen LogP contribution in [0.2, 0.25) is 15.1 Å². The maximum atomic E-state index is 12.0. The third kappa shape index (κ3) is 3.90. The topological polar surface area (TPSA) is 34.9 Å². The third-order valence-electron chi connectivity index (χ3n) is 3.71. The molecule has 0 N–H and O–H groups in total. The van der Waals surface area contributed by atoms with Gasteiger partial charge in [-0.15, -0.1) is 0 Å². The first kappa shape index (κ1) is 19.6. The molecule has 26 heavy (non-hydrogen) atoms. The summed E-state index contributed by atoms with van der Waals surface area (Å²) in [4.78, 5) is 12.0. The number of halogens is 4. The van der Waals surface area contributed by atoms with Crippen LogP contribution in [0.15, 0.2) is 42.5 Å². The highest BCUT2D eigenvalue weighted by atomic mass is 35.5. The molecule has 0 amide bonds. The minimum atomic E-state index is -0.618. The third-order valence-corrected chi connectivity index (χ3v) is 5.26. The van der Waals surface area contributed by atoms with Crippen LogP contribution in [0.5, 0.6) is 0 Å². The lowest BCUT2D eigenvalue weighted by Gasteiger charge is -2.11. The maximum Gasteiger partial charge on any atom is 0.273 e. The fourth-order valence-corrected chi connectivity index (χ4v) is 3.95. The van der Waals surface area contributed by atoms with E-state index in [2.05, 4.69) is 5.10 Å². The zero-order valence-corrected chi connectivity index (χ0v) is 17.3. The number of rotatable bonds is 5. The van der Waals surface area contributed by atoms with Crippen LogP contribution < -0.4 is 0 Å². The second-order valence-electron chi connectivity index (χ2n) is 5.40. The lowest BCUT2D eigenvalue weighted by molar-refractivity contribution is 0.107. The molecule has 2 aromatic carbocycles. The van der Waals surface area contributed by atoms with Crippen LogP contribution >= 0.6 is 58.2 Å². The molecule has 0 unspecified atom stereocenters. The average Bonchev–Trinajstić information content (AvgIpc) is 2.95. The molecule has 1 heterocycles. The number of carbonyl (C=O) groups excluding carboxylic acids is 1. The molecule has 0 aliphatic carbocycles. The predicted octanol–water partition coefficient (Wildman–Crippen LogP) is 6.74. The van der Waals surface area contributed by atoms with E-state index in [0.29, 0.717) is 26.5 Å². The van der Waals surface area contributed by atoms with E-state index in [4.69, 9.17) is 46.4 Å². The van der Waals surface area contributed by atoms with Crippen molar-refractivity contribution >= 4 is 63.4 Å². The highest BCUT2D eigenvalue weighted by molar-refractivity contribution is 7.97. The van der Waals surface area contributed by atoms with Crippen molar-refractivity contribution in [2.45, 2.75) is 5.75 Å². The molecule has 3 nitrogen and oxygen atoms in total. The van der Waals surface area contributed by atoms with E-state index in [1.165, 1.54) is 0 Å². The summed E-state index contributed by atoms with van der Waals surface area (Å²) < 4.78 is 1.63. The SMILES string of the molecule is CSCc1c(C(=O)Cl)nn(-c2ccc(Cl)cc2Cl)c1-c1ccc(Cl)cc1. The van der Waals surface area contributed by atoms with E-state index < -0.39 is 5.24 Å². The second kappa shape index (κ2) is 8.24. The minimum Gasteiger partial charge on any atom is -0.274 e. The number of carbonyl (C=O) groups is 1. The molecule has 1 aromatic heterocycles. The van der Waals surface area contributed by atoms with Gasteiger partial charge in [-0.05, 0) is 48.2 Å². The lowest BCUT2D eigenvalue weighted by atomic mass is 10.1. The van der Waals surface area contributed by atoms with Gasteiger partial charge < -0.3 is 0 Å². The van der Waals surface area contributed by atoms with E-state index in [0.717, 1.165) is 16.8 Å². The summed E-state index contributed by atoms with van der Waals surface area (Å²) in [5, 5.41) is 5.37. The Morgan fingerprint density at radius 2 is 1.73 bits per heavy atom. The van der Waals surface area contributed by atoms with Crippen LogP contribution in [0.25, 0.3) is 16.9 Å². The standard InChI is InChI=1S/C18H12Cl4N2OS/c1-26-9-13-16(18(22)25)23-24(15-7-6-12(20)8-14(15)21)17(13)10-2-4-11(19)5-3-10/h2-8H,9H2,1H3. The summed E-state index contributed by atoms with van der Waals surface area (Å²) in [6.45, 7) is 0. The van der Waals surface area contributed by atoms with Crippen LogP contribution in [0, 0.1) is 0 Å². The first-order chi connectivity index (χ1) is 12.4. The van der Waals surface area contributed by atoms with E-state index in [9.17, 15) is 4.79 Å². The average molecular weight is 446 g/mol. The number of nitrogens with zero attached hydrogens (tertiary/aromatic N) is 2. The van der Waals surface area contributed by atoms with Crippen molar-refractivity contribution in [3.63, 3.8) is 0 Å². The highest BCUT2D eigenvalue weighted by Gasteiger charge is 2.24. The van der Waals surface area contributed by atoms with Gasteiger partial charge in [-0.1, -0.05) is 46.9 Å².